The van der Waals surface area contributed by atoms with E-state index >= 15 is 0 Å². The first-order valence-electron chi connectivity index (χ1n) is 6.27. The Bertz CT molecular complexity index is 350. The van der Waals surface area contributed by atoms with Crippen molar-refractivity contribution < 1.29 is 9.47 Å². The molecular weight excluding hydrogens is 214 g/mol. The van der Waals surface area contributed by atoms with Crippen LogP contribution < -0.4 is 10.1 Å². The Hall–Kier alpha value is -1.06. The van der Waals surface area contributed by atoms with Gasteiger partial charge in [-0.25, -0.2) is 0 Å². The monoisotopic (exact) mass is 235 g/mol. The van der Waals surface area contributed by atoms with E-state index in [1.54, 1.807) is 7.11 Å². The summed E-state index contributed by atoms with van der Waals surface area (Å²) in [4.78, 5) is 0. The molecule has 0 bridgehead atoms. The highest BCUT2D eigenvalue weighted by Gasteiger charge is 2.28. The Morgan fingerprint density at radius 3 is 2.65 bits per heavy atom. The fourth-order valence-corrected chi connectivity index (χ4v) is 2.20. The summed E-state index contributed by atoms with van der Waals surface area (Å²) in [7, 11) is 1.68. The molecule has 94 valence electrons. The molecule has 0 spiro atoms. The summed E-state index contributed by atoms with van der Waals surface area (Å²) in [6.07, 6.45) is 1.50. The van der Waals surface area contributed by atoms with Gasteiger partial charge in [-0.1, -0.05) is 19.1 Å². The van der Waals surface area contributed by atoms with E-state index in [4.69, 9.17) is 9.47 Å². The van der Waals surface area contributed by atoms with E-state index in [0.29, 0.717) is 12.1 Å². The highest BCUT2D eigenvalue weighted by atomic mass is 16.5. The van der Waals surface area contributed by atoms with Gasteiger partial charge in [0.05, 0.1) is 19.3 Å². The lowest BCUT2D eigenvalue weighted by Gasteiger charge is -2.35. The molecule has 1 fully saturated rings. The summed E-state index contributed by atoms with van der Waals surface area (Å²) in [6, 6.07) is 8.49. The zero-order valence-electron chi connectivity index (χ0n) is 10.8. The normalized spacial score (nSPS) is 29.0. The van der Waals surface area contributed by atoms with Crippen LogP contribution in [0.2, 0.25) is 0 Å². The van der Waals surface area contributed by atoms with Crippen LogP contribution in [0.4, 0.5) is 0 Å². The van der Waals surface area contributed by atoms with Crippen molar-refractivity contribution in [1.29, 1.82) is 0 Å². The molecule has 1 saturated heterocycles. The molecule has 1 aliphatic heterocycles. The largest absolute Gasteiger partial charge is 0.497 e. The molecule has 0 aromatic heterocycles. The Kier molecular flexibility index (Phi) is 4.02. The topological polar surface area (TPSA) is 30.5 Å². The van der Waals surface area contributed by atoms with Crippen LogP contribution in [0, 0.1) is 0 Å². The van der Waals surface area contributed by atoms with Crippen molar-refractivity contribution in [3.63, 3.8) is 0 Å². The zero-order valence-corrected chi connectivity index (χ0v) is 10.8. The third kappa shape index (κ3) is 2.79. The first-order chi connectivity index (χ1) is 8.24. The van der Waals surface area contributed by atoms with Crippen LogP contribution >= 0.6 is 0 Å². The summed E-state index contributed by atoms with van der Waals surface area (Å²) in [5.74, 6) is 0.886. The van der Waals surface area contributed by atoms with E-state index in [0.717, 1.165) is 18.7 Å². The van der Waals surface area contributed by atoms with Crippen molar-refractivity contribution >= 4 is 0 Å². The maximum atomic E-state index is 6.10. The fraction of sp³-hybridized carbons (Fsp3) is 0.571. The molecule has 3 atom stereocenters. The summed E-state index contributed by atoms with van der Waals surface area (Å²) in [5.41, 5.74) is 1.21. The third-order valence-corrected chi connectivity index (χ3v) is 3.36. The van der Waals surface area contributed by atoms with Gasteiger partial charge in [-0.15, -0.1) is 0 Å². The van der Waals surface area contributed by atoms with Crippen molar-refractivity contribution in [1.82, 2.24) is 5.32 Å². The molecule has 0 radical (unpaired) electrons. The van der Waals surface area contributed by atoms with Crippen molar-refractivity contribution in [2.24, 2.45) is 0 Å². The first kappa shape index (κ1) is 12.4. The Morgan fingerprint density at radius 1 is 1.35 bits per heavy atom. The fourth-order valence-electron chi connectivity index (χ4n) is 2.20. The second-order valence-electron chi connectivity index (χ2n) is 4.56. The van der Waals surface area contributed by atoms with Crippen LogP contribution in [-0.2, 0) is 4.74 Å². The van der Waals surface area contributed by atoms with Crippen LogP contribution in [0.3, 0.4) is 0 Å². The van der Waals surface area contributed by atoms with E-state index in [-0.39, 0.29) is 6.10 Å². The average Bonchev–Trinajstić information content (AvgIpc) is 2.39. The second kappa shape index (κ2) is 5.52. The van der Waals surface area contributed by atoms with E-state index in [9.17, 15) is 0 Å². The molecule has 1 aromatic rings. The number of rotatable bonds is 3. The predicted octanol–water partition coefficient (Wildman–Crippen LogP) is 2.52. The number of nitrogens with one attached hydrogen (secondary N) is 1. The number of methoxy groups -OCH3 is 1. The molecular formula is C14H21NO2. The van der Waals surface area contributed by atoms with Crippen LogP contribution in [0.15, 0.2) is 24.3 Å². The molecule has 3 unspecified atom stereocenters. The van der Waals surface area contributed by atoms with Gasteiger partial charge < -0.3 is 14.8 Å². The molecule has 0 aliphatic carbocycles. The molecule has 17 heavy (non-hydrogen) atoms. The minimum atomic E-state index is 0.139. The molecule has 1 heterocycles. The van der Waals surface area contributed by atoms with Gasteiger partial charge in [-0.05, 0) is 31.0 Å². The molecule has 3 nitrogen and oxygen atoms in total. The predicted molar refractivity (Wildman–Crippen MR) is 68.4 cm³/mol. The molecule has 1 aromatic carbocycles. The second-order valence-corrected chi connectivity index (χ2v) is 4.56. The van der Waals surface area contributed by atoms with Crippen molar-refractivity contribution in [2.75, 3.05) is 13.7 Å². The number of hydrogen-bond donors (Lipinski definition) is 1. The molecule has 2 rings (SSSR count). The SMILES string of the molecule is CCC1CNC(C)C(c2ccc(OC)cc2)O1. The summed E-state index contributed by atoms with van der Waals surface area (Å²) >= 11 is 0. The van der Waals surface area contributed by atoms with E-state index < -0.39 is 0 Å². The maximum absolute atomic E-state index is 6.10. The van der Waals surface area contributed by atoms with Gasteiger partial charge in [0.2, 0.25) is 0 Å². The van der Waals surface area contributed by atoms with Crippen molar-refractivity contribution in [3.8, 4) is 5.75 Å². The summed E-state index contributed by atoms with van der Waals surface area (Å²) in [5, 5.41) is 3.50. The van der Waals surface area contributed by atoms with Crippen molar-refractivity contribution in [3.05, 3.63) is 29.8 Å². The number of morpholine rings is 1. The Balaban J connectivity index is 2.12. The van der Waals surface area contributed by atoms with Gasteiger partial charge in [0.1, 0.15) is 5.75 Å². The molecule has 0 saturated carbocycles. The maximum Gasteiger partial charge on any atom is 0.118 e. The smallest absolute Gasteiger partial charge is 0.118 e. The van der Waals surface area contributed by atoms with Crippen LogP contribution in [0.5, 0.6) is 5.75 Å². The standard InChI is InChI=1S/C14H21NO2/c1-4-12-9-15-10(2)14(17-12)11-5-7-13(16-3)8-6-11/h5-8,10,12,14-15H,4,9H2,1-3H3. The molecule has 1 aliphatic rings. The van der Waals surface area contributed by atoms with Gasteiger partial charge in [-0.2, -0.15) is 0 Å². The van der Waals surface area contributed by atoms with Gasteiger partial charge in [0, 0.05) is 12.6 Å². The van der Waals surface area contributed by atoms with Crippen molar-refractivity contribution in [2.45, 2.75) is 38.5 Å². The highest BCUT2D eigenvalue weighted by molar-refractivity contribution is 5.29. The zero-order chi connectivity index (χ0) is 12.3. The van der Waals surface area contributed by atoms with Gasteiger partial charge in [0.25, 0.3) is 0 Å². The minimum Gasteiger partial charge on any atom is -0.497 e. The Labute approximate surface area is 103 Å². The first-order valence-corrected chi connectivity index (χ1v) is 6.27. The number of hydrogen-bond acceptors (Lipinski definition) is 3. The average molecular weight is 235 g/mol. The Morgan fingerprint density at radius 2 is 2.06 bits per heavy atom. The lowest BCUT2D eigenvalue weighted by atomic mass is 10.0. The molecule has 0 amide bonds. The van der Waals surface area contributed by atoms with Crippen LogP contribution in [0.1, 0.15) is 31.9 Å². The van der Waals surface area contributed by atoms with Crippen LogP contribution in [0.25, 0.3) is 0 Å². The lowest BCUT2D eigenvalue weighted by molar-refractivity contribution is -0.0622. The number of ether oxygens (including phenoxy) is 2. The van der Waals surface area contributed by atoms with E-state index in [2.05, 4.69) is 31.3 Å². The van der Waals surface area contributed by atoms with E-state index in [1.807, 2.05) is 12.1 Å². The summed E-state index contributed by atoms with van der Waals surface area (Å²) < 4.78 is 11.3. The highest BCUT2D eigenvalue weighted by Crippen LogP contribution is 2.28. The number of benzene rings is 1. The van der Waals surface area contributed by atoms with Gasteiger partial charge >= 0.3 is 0 Å². The minimum absolute atomic E-state index is 0.139. The molecule has 1 N–H and O–H groups in total. The van der Waals surface area contributed by atoms with Gasteiger partial charge in [-0.3, -0.25) is 0 Å². The van der Waals surface area contributed by atoms with E-state index in [1.165, 1.54) is 5.56 Å². The summed E-state index contributed by atoms with van der Waals surface area (Å²) in [6.45, 7) is 5.28. The third-order valence-electron chi connectivity index (χ3n) is 3.36. The quantitative estimate of drug-likeness (QED) is 0.873. The van der Waals surface area contributed by atoms with Gasteiger partial charge in [0.15, 0.2) is 0 Å². The van der Waals surface area contributed by atoms with Crippen LogP contribution in [-0.4, -0.2) is 25.8 Å². The molecule has 3 heteroatoms. The lowest BCUT2D eigenvalue weighted by Crippen LogP contribution is -2.46.